The van der Waals surface area contributed by atoms with E-state index in [1.165, 1.54) is 24.0 Å². The molecule has 0 aliphatic carbocycles. The average molecular weight is 505 g/mol. The molecule has 6 heteroatoms. The standard InChI is InChI=1S/C32H24O6/c33-22-12-10-21(11-13-22)26-19-37-32-24(31(26)35)14-15-28-30(32)25(18-29(34)38-28)23-8-4-5-9-27(23)36-17-16-20-6-2-1-3-7-20/h1-15,19,25,33H,16-18H2/t25-/m1/s1. The quantitative estimate of drug-likeness (QED) is 0.218. The fourth-order valence-electron chi connectivity index (χ4n) is 4.98. The van der Waals surface area contributed by atoms with Crippen LogP contribution in [0.15, 0.2) is 106 Å². The van der Waals surface area contributed by atoms with Crippen molar-refractivity contribution in [2.45, 2.75) is 18.8 Å². The van der Waals surface area contributed by atoms with Crippen molar-refractivity contribution in [3.63, 3.8) is 0 Å². The molecule has 0 amide bonds. The van der Waals surface area contributed by atoms with E-state index in [4.69, 9.17) is 13.9 Å². The lowest BCUT2D eigenvalue weighted by Crippen LogP contribution is -2.22. The van der Waals surface area contributed by atoms with Crippen LogP contribution < -0.4 is 14.9 Å². The molecule has 5 aromatic rings. The van der Waals surface area contributed by atoms with E-state index in [0.717, 1.165) is 12.0 Å². The van der Waals surface area contributed by atoms with E-state index in [9.17, 15) is 14.7 Å². The first-order chi connectivity index (χ1) is 18.6. The first kappa shape index (κ1) is 23.6. The third kappa shape index (κ3) is 4.41. The normalized spacial score (nSPS) is 14.6. The van der Waals surface area contributed by atoms with Gasteiger partial charge in [0, 0.05) is 23.5 Å². The maximum atomic E-state index is 13.5. The molecule has 0 saturated carbocycles. The van der Waals surface area contributed by atoms with Crippen molar-refractivity contribution in [2.24, 2.45) is 0 Å². The molecule has 1 aromatic heterocycles. The molecule has 0 bridgehead atoms. The number of fused-ring (bicyclic) bond motifs is 3. The largest absolute Gasteiger partial charge is 0.508 e. The highest BCUT2D eigenvalue weighted by Gasteiger charge is 2.33. The van der Waals surface area contributed by atoms with E-state index in [1.807, 2.05) is 42.5 Å². The second kappa shape index (κ2) is 9.90. The Morgan fingerprint density at radius 3 is 2.45 bits per heavy atom. The van der Waals surface area contributed by atoms with Crippen molar-refractivity contribution in [3.8, 4) is 28.4 Å². The van der Waals surface area contributed by atoms with Crippen LogP contribution in [0.4, 0.5) is 0 Å². The van der Waals surface area contributed by atoms with E-state index >= 15 is 0 Å². The molecular formula is C32H24O6. The van der Waals surface area contributed by atoms with Gasteiger partial charge < -0.3 is 19.0 Å². The Morgan fingerprint density at radius 1 is 0.868 bits per heavy atom. The number of carbonyl (C=O) groups excluding carboxylic acids is 1. The highest BCUT2D eigenvalue weighted by atomic mass is 16.5. The van der Waals surface area contributed by atoms with Crippen LogP contribution in [0.2, 0.25) is 0 Å². The Hall–Kier alpha value is -4.84. The minimum absolute atomic E-state index is 0.0919. The number of hydrogen-bond donors (Lipinski definition) is 1. The number of aromatic hydroxyl groups is 1. The summed E-state index contributed by atoms with van der Waals surface area (Å²) in [4.78, 5) is 26.1. The van der Waals surface area contributed by atoms with Crippen molar-refractivity contribution >= 4 is 16.9 Å². The van der Waals surface area contributed by atoms with Gasteiger partial charge >= 0.3 is 5.97 Å². The van der Waals surface area contributed by atoms with Gasteiger partial charge in [-0.3, -0.25) is 9.59 Å². The molecule has 2 heterocycles. The highest BCUT2D eigenvalue weighted by molar-refractivity contribution is 5.90. The molecule has 0 spiro atoms. The summed E-state index contributed by atoms with van der Waals surface area (Å²) in [6, 6.07) is 27.4. The maximum absolute atomic E-state index is 13.5. The van der Waals surface area contributed by atoms with Gasteiger partial charge in [0.15, 0.2) is 0 Å². The molecule has 1 N–H and O–H groups in total. The van der Waals surface area contributed by atoms with Crippen molar-refractivity contribution in [1.29, 1.82) is 0 Å². The zero-order chi connectivity index (χ0) is 26.1. The lowest BCUT2D eigenvalue weighted by molar-refractivity contribution is -0.135. The molecule has 0 fully saturated rings. The summed E-state index contributed by atoms with van der Waals surface area (Å²) >= 11 is 0. The summed E-state index contributed by atoms with van der Waals surface area (Å²) < 4.78 is 17.8. The van der Waals surface area contributed by atoms with Crippen LogP contribution in [0, 0.1) is 0 Å². The number of phenolic OH excluding ortho intramolecular Hbond substituents is 1. The van der Waals surface area contributed by atoms with Gasteiger partial charge in [0.2, 0.25) is 5.43 Å². The Kier molecular flexibility index (Phi) is 6.14. The van der Waals surface area contributed by atoms with Crippen LogP contribution in [-0.2, 0) is 11.2 Å². The molecule has 0 unspecified atom stereocenters. The van der Waals surface area contributed by atoms with Crippen molar-refractivity contribution in [2.75, 3.05) is 6.61 Å². The third-order valence-corrected chi connectivity index (χ3v) is 6.85. The van der Waals surface area contributed by atoms with Gasteiger partial charge in [0.1, 0.15) is 29.1 Å². The monoisotopic (exact) mass is 504 g/mol. The van der Waals surface area contributed by atoms with Crippen molar-refractivity contribution < 1.29 is 23.8 Å². The van der Waals surface area contributed by atoms with Crippen LogP contribution >= 0.6 is 0 Å². The number of ether oxygens (including phenoxy) is 2. The third-order valence-electron chi connectivity index (χ3n) is 6.85. The number of rotatable bonds is 6. The van der Waals surface area contributed by atoms with Crippen LogP contribution in [0.25, 0.3) is 22.1 Å². The van der Waals surface area contributed by atoms with Crippen LogP contribution in [0.1, 0.15) is 29.0 Å². The molecule has 4 aromatic carbocycles. The topological polar surface area (TPSA) is 86.0 Å². The molecule has 6 nitrogen and oxygen atoms in total. The van der Waals surface area contributed by atoms with Gasteiger partial charge in [-0.05, 0) is 41.5 Å². The predicted molar refractivity (Wildman–Crippen MR) is 144 cm³/mol. The number of phenols is 1. The number of carbonyl (C=O) groups is 1. The van der Waals surface area contributed by atoms with E-state index < -0.39 is 5.92 Å². The fraction of sp³-hybridized carbons (Fsp3) is 0.125. The van der Waals surface area contributed by atoms with Gasteiger partial charge in [0.05, 0.1) is 24.0 Å². The molecule has 188 valence electrons. The maximum Gasteiger partial charge on any atom is 0.312 e. The smallest absolute Gasteiger partial charge is 0.312 e. The van der Waals surface area contributed by atoms with Crippen LogP contribution in [0.3, 0.4) is 0 Å². The first-order valence-corrected chi connectivity index (χ1v) is 12.4. The van der Waals surface area contributed by atoms with Gasteiger partial charge in [-0.15, -0.1) is 0 Å². The second-order valence-corrected chi connectivity index (χ2v) is 9.23. The summed E-state index contributed by atoms with van der Waals surface area (Å²) in [5.74, 6) is 0.393. The molecule has 38 heavy (non-hydrogen) atoms. The number of para-hydroxylation sites is 1. The van der Waals surface area contributed by atoms with E-state index in [0.29, 0.717) is 45.8 Å². The lowest BCUT2D eigenvalue weighted by atomic mass is 9.84. The Balaban J connectivity index is 1.41. The Labute approximate surface area is 218 Å². The molecule has 0 radical (unpaired) electrons. The van der Waals surface area contributed by atoms with Crippen molar-refractivity contribution in [3.05, 3.63) is 124 Å². The molecule has 0 saturated heterocycles. The van der Waals surface area contributed by atoms with E-state index in [1.54, 1.807) is 24.3 Å². The van der Waals surface area contributed by atoms with Crippen molar-refractivity contribution in [1.82, 2.24) is 0 Å². The predicted octanol–water partition coefficient (Wildman–Crippen LogP) is 6.23. The zero-order valence-corrected chi connectivity index (χ0v) is 20.4. The summed E-state index contributed by atoms with van der Waals surface area (Å²) in [7, 11) is 0. The Morgan fingerprint density at radius 2 is 1.63 bits per heavy atom. The SMILES string of the molecule is O=C1C[C@H](c2ccccc2OCCc2ccccc2)c2c(ccc3c(=O)c(-c4ccc(O)cc4)coc23)O1. The molecular weight excluding hydrogens is 480 g/mol. The average Bonchev–Trinajstić information content (AvgIpc) is 2.94. The van der Waals surface area contributed by atoms with Gasteiger partial charge in [0.25, 0.3) is 0 Å². The van der Waals surface area contributed by atoms with Gasteiger partial charge in [-0.2, -0.15) is 0 Å². The minimum Gasteiger partial charge on any atom is -0.508 e. The number of esters is 1. The first-order valence-electron chi connectivity index (χ1n) is 12.4. The van der Waals surface area contributed by atoms with Crippen LogP contribution in [-0.4, -0.2) is 17.7 Å². The molecule has 6 rings (SSSR count). The summed E-state index contributed by atoms with van der Waals surface area (Å²) in [6.45, 7) is 0.478. The number of hydrogen-bond acceptors (Lipinski definition) is 6. The molecule has 1 atom stereocenters. The van der Waals surface area contributed by atoms with Crippen LogP contribution in [0.5, 0.6) is 17.2 Å². The minimum atomic E-state index is -0.412. The molecule has 1 aliphatic heterocycles. The van der Waals surface area contributed by atoms with E-state index in [-0.39, 0.29) is 23.6 Å². The Bertz CT molecular complexity index is 1690. The zero-order valence-electron chi connectivity index (χ0n) is 20.4. The van der Waals surface area contributed by atoms with Gasteiger partial charge in [-0.1, -0.05) is 60.7 Å². The summed E-state index contributed by atoms with van der Waals surface area (Å²) in [6.07, 6.45) is 2.26. The van der Waals surface area contributed by atoms with E-state index in [2.05, 4.69) is 12.1 Å². The van der Waals surface area contributed by atoms with Gasteiger partial charge in [-0.25, -0.2) is 0 Å². The lowest BCUT2D eigenvalue weighted by Gasteiger charge is -2.27. The summed E-state index contributed by atoms with van der Waals surface area (Å²) in [5, 5.41) is 10.0. The molecule has 1 aliphatic rings. The second-order valence-electron chi connectivity index (χ2n) is 9.23. The summed E-state index contributed by atoms with van der Waals surface area (Å²) in [5.41, 5.74) is 3.85. The fourth-order valence-corrected chi connectivity index (χ4v) is 4.98. The number of benzene rings is 4. The highest BCUT2D eigenvalue weighted by Crippen LogP contribution is 2.45.